The maximum absolute atomic E-state index is 12.8. The molecule has 182 valence electrons. The summed E-state index contributed by atoms with van der Waals surface area (Å²) in [5.41, 5.74) is 6.01. The Morgan fingerprint density at radius 2 is 1.60 bits per heavy atom. The minimum absolute atomic E-state index is 0.0571. The molecule has 0 saturated carbocycles. The number of benzene rings is 3. The number of para-hydroxylation sites is 2. The molecular weight excluding hydrogens is 474 g/mol. The number of sulfonamides is 1. The Morgan fingerprint density at radius 3 is 2.26 bits per heavy atom. The van der Waals surface area contributed by atoms with Gasteiger partial charge in [0.05, 0.1) is 23.3 Å². The van der Waals surface area contributed by atoms with Gasteiger partial charge >= 0.3 is 5.97 Å². The molecule has 0 saturated heterocycles. The molecule has 2 amide bonds. The second kappa shape index (κ2) is 10.7. The number of anilines is 2. The van der Waals surface area contributed by atoms with Crippen molar-refractivity contribution in [2.24, 2.45) is 5.73 Å². The van der Waals surface area contributed by atoms with Crippen LogP contribution in [-0.4, -0.2) is 39.4 Å². The van der Waals surface area contributed by atoms with E-state index in [0.29, 0.717) is 11.4 Å². The quantitative estimate of drug-likeness (QED) is 0.384. The molecule has 0 aliphatic heterocycles. The lowest BCUT2D eigenvalue weighted by molar-refractivity contribution is -0.123. The summed E-state index contributed by atoms with van der Waals surface area (Å²) in [6.45, 7) is 1.37. The maximum atomic E-state index is 12.8. The highest BCUT2D eigenvalue weighted by Gasteiger charge is 2.22. The first-order chi connectivity index (χ1) is 16.6. The Balaban J connectivity index is 1.68. The number of nitrogens with two attached hydrogens (primary N) is 1. The number of ether oxygens (including phenoxy) is 2. The molecule has 35 heavy (non-hydrogen) atoms. The SMILES string of the molecule is COc1ccccc1NS(=O)(=O)c1cccc(C(=O)OC(C)C(=O)Nc2ccc(C(N)=O)cc2)c1. The van der Waals surface area contributed by atoms with Gasteiger partial charge in [-0.2, -0.15) is 0 Å². The molecular formula is C24H23N3O7S. The van der Waals surface area contributed by atoms with Crippen LogP contribution in [0.2, 0.25) is 0 Å². The lowest BCUT2D eigenvalue weighted by atomic mass is 10.2. The van der Waals surface area contributed by atoms with E-state index >= 15 is 0 Å². The number of primary amides is 1. The van der Waals surface area contributed by atoms with E-state index in [9.17, 15) is 22.8 Å². The Bertz CT molecular complexity index is 1360. The van der Waals surface area contributed by atoms with Gasteiger partial charge in [0.2, 0.25) is 5.91 Å². The van der Waals surface area contributed by atoms with Gasteiger partial charge in [-0.25, -0.2) is 13.2 Å². The van der Waals surface area contributed by atoms with Crippen molar-refractivity contribution < 1.29 is 32.3 Å². The van der Waals surface area contributed by atoms with Crippen LogP contribution >= 0.6 is 0 Å². The van der Waals surface area contributed by atoms with Crippen LogP contribution in [0, 0.1) is 0 Å². The number of carbonyl (C=O) groups is 3. The molecule has 0 fully saturated rings. The average Bonchev–Trinajstić information content (AvgIpc) is 2.84. The molecule has 3 aromatic carbocycles. The fourth-order valence-electron chi connectivity index (χ4n) is 2.97. The molecule has 1 unspecified atom stereocenters. The lowest BCUT2D eigenvalue weighted by Gasteiger charge is -2.15. The van der Waals surface area contributed by atoms with Crippen molar-refractivity contribution in [3.63, 3.8) is 0 Å². The smallest absolute Gasteiger partial charge is 0.338 e. The predicted molar refractivity (Wildman–Crippen MR) is 129 cm³/mol. The van der Waals surface area contributed by atoms with E-state index in [0.717, 1.165) is 6.07 Å². The molecule has 0 radical (unpaired) electrons. The first-order valence-corrected chi connectivity index (χ1v) is 11.8. The van der Waals surface area contributed by atoms with Crippen LogP contribution in [0.25, 0.3) is 0 Å². The summed E-state index contributed by atoms with van der Waals surface area (Å²) in [4.78, 5) is 35.9. The number of hydrogen-bond acceptors (Lipinski definition) is 7. The summed E-state index contributed by atoms with van der Waals surface area (Å²) in [6, 6.07) is 17.6. The highest BCUT2D eigenvalue weighted by Crippen LogP contribution is 2.26. The highest BCUT2D eigenvalue weighted by molar-refractivity contribution is 7.92. The number of amides is 2. The second-order valence-electron chi connectivity index (χ2n) is 7.31. The fourth-order valence-corrected chi connectivity index (χ4v) is 4.08. The first-order valence-electron chi connectivity index (χ1n) is 10.3. The Labute approximate surface area is 202 Å². The normalized spacial score (nSPS) is 11.7. The van der Waals surface area contributed by atoms with Crippen LogP contribution < -0.4 is 20.5 Å². The van der Waals surface area contributed by atoms with Gasteiger partial charge < -0.3 is 20.5 Å². The van der Waals surface area contributed by atoms with E-state index < -0.39 is 33.9 Å². The summed E-state index contributed by atoms with van der Waals surface area (Å²) in [5.74, 6) is -1.78. The van der Waals surface area contributed by atoms with Crippen LogP contribution in [0.15, 0.2) is 77.7 Å². The summed E-state index contributed by atoms with van der Waals surface area (Å²) in [6.07, 6.45) is -1.19. The van der Waals surface area contributed by atoms with E-state index in [2.05, 4.69) is 10.0 Å². The lowest BCUT2D eigenvalue weighted by Crippen LogP contribution is -2.30. The van der Waals surface area contributed by atoms with Crippen LogP contribution in [0.3, 0.4) is 0 Å². The molecule has 0 aliphatic rings. The van der Waals surface area contributed by atoms with Gasteiger partial charge in [-0.05, 0) is 61.5 Å². The first kappa shape index (κ1) is 25.2. The summed E-state index contributed by atoms with van der Waals surface area (Å²) in [7, 11) is -2.63. The molecule has 0 aliphatic carbocycles. The third-order valence-corrected chi connectivity index (χ3v) is 6.18. The number of hydrogen-bond donors (Lipinski definition) is 3. The van der Waals surface area contributed by atoms with Crippen LogP contribution in [0.4, 0.5) is 11.4 Å². The topological polar surface area (TPSA) is 154 Å². The van der Waals surface area contributed by atoms with Crippen molar-refractivity contribution >= 4 is 39.2 Å². The molecule has 3 rings (SSSR count). The number of esters is 1. The van der Waals surface area contributed by atoms with Crippen molar-refractivity contribution in [2.45, 2.75) is 17.9 Å². The van der Waals surface area contributed by atoms with E-state index in [1.807, 2.05) is 0 Å². The van der Waals surface area contributed by atoms with Crippen LogP contribution in [-0.2, 0) is 19.6 Å². The molecule has 3 aromatic rings. The summed E-state index contributed by atoms with van der Waals surface area (Å²) >= 11 is 0. The van der Waals surface area contributed by atoms with Gasteiger partial charge in [0.1, 0.15) is 5.75 Å². The monoisotopic (exact) mass is 497 g/mol. The average molecular weight is 498 g/mol. The third-order valence-electron chi connectivity index (χ3n) is 4.82. The zero-order valence-electron chi connectivity index (χ0n) is 18.8. The second-order valence-corrected chi connectivity index (χ2v) is 8.99. The summed E-state index contributed by atoms with van der Waals surface area (Å²) in [5, 5.41) is 2.55. The zero-order chi connectivity index (χ0) is 25.6. The number of carbonyl (C=O) groups excluding carboxylic acids is 3. The molecule has 11 heteroatoms. The Morgan fingerprint density at radius 1 is 0.914 bits per heavy atom. The molecule has 0 aromatic heterocycles. The minimum Gasteiger partial charge on any atom is -0.495 e. The third kappa shape index (κ3) is 6.36. The van der Waals surface area contributed by atoms with Crippen molar-refractivity contribution in [1.82, 2.24) is 0 Å². The Kier molecular flexibility index (Phi) is 7.72. The van der Waals surface area contributed by atoms with Crippen molar-refractivity contribution in [3.05, 3.63) is 83.9 Å². The van der Waals surface area contributed by atoms with Crippen molar-refractivity contribution in [1.29, 1.82) is 0 Å². The van der Waals surface area contributed by atoms with Crippen molar-refractivity contribution in [3.8, 4) is 5.75 Å². The van der Waals surface area contributed by atoms with Crippen LogP contribution in [0.5, 0.6) is 5.75 Å². The fraction of sp³-hybridized carbons (Fsp3) is 0.125. The number of methoxy groups -OCH3 is 1. The van der Waals surface area contributed by atoms with Gasteiger partial charge in [-0.3, -0.25) is 14.3 Å². The van der Waals surface area contributed by atoms with Gasteiger partial charge in [0.15, 0.2) is 6.10 Å². The minimum atomic E-state index is -4.05. The standard InChI is InChI=1S/C24H23N3O7S/c1-15(23(29)26-18-12-10-16(11-13-18)22(25)28)34-24(30)17-6-5-7-19(14-17)35(31,32)27-20-8-3-4-9-21(20)33-2/h3-15,27H,1-2H3,(H2,25,28)(H,26,29). The number of nitrogens with one attached hydrogen (secondary N) is 2. The van der Waals surface area contributed by atoms with Gasteiger partial charge in [0.25, 0.3) is 15.9 Å². The van der Waals surface area contributed by atoms with Crippen LogP contribution in [0.1, 0.15) is 27.6 Å². The molecule has 1 atom stereocenters. The Hall–Kier alpha value is -4.38. The highest BCUT2D eigenvalue weighted by atomic mass is 32.2. The van der Waals surface area contributed by atoms with E-state index in [1.165, 1.54) is 62.6 Å². The van der Waals surface area contributed by atoms with Gasteiger partial charge in [-0.1, -0.05) is 18.2 Å². The zero-order valence-corrected chi connectivity index (χ0v) is 19.7. The number of rotatable bonds is 9. The predicted octanol–water partition coefficient (Wildman–Crippen LogP) is 2.78. The van der Waals surface area contributed by atoms with E-state index in [4.69, 9.17) is 15.2 Å². The molecule has 0 heterocycles. The molecule has 0 bridgehead atoms. The maximum Gasteiger partial charge on any atom is 0.338 e. The largest absolute Gasteiger partial charge is 0.495 e. The van der Waals surface area contributed by atoms with E-state index in [1.54, 1.807) is 18.2 Å². The van der Waals surface area contributed by atoms with E-state index in [-0.39, 0.29) is 21.7 Å². The molecule has 10 nitrogen and oxygen atoms in total. The van der Waals surface area contributed by atoms with Gasteiger partial charge in [-0.15, -0.1) is 0 Å². The summed E-state index contributed by atoms with van der Waals surface area (Å²) < 4.78 is 38.4. The van der Waals surface area contributed by atoms with Crippen molar-refractivity contribution in [2.75, 3.05) is 17.1 Å². The molecule has 4 N–H and O–H groups in total. The van der Waals surface area contributed by atoms with Gasteiger partial charge in [0, 0.05) is 11.3 Å². The molecule has 0 spiro atoms.